The maximum Gasteiger partial charge on any atom is 0.0773 e. The summed E-state index contributed by atoms with van der Waals surface area (Å²) in [5, 5.41) is 3.59. The predicted molar refractivity (Wildman–Crippen MR) is 75.8 cm³/mol. The first-order valence-electron chi connectivity index (χ1n) is 7.29. The lowest BCUT2D eigenvalue weighted by Crippen LogP contribution is -2.37. The summed E-state index contributed by atoms with van der Waals surface area (Å²) in [5.41, 5.74) is 2.92. The maximum absolute atomic E-state index is 6.08. The summed E-state index contributed by atoms with van der Waals surface area (Å²) in [6, 6.07) is 9.15. The van der Waals surface area contributed by atoms with Gasteiger partial charge < -0.3 is 10.1 Å². The molecule has 0 saturated heterocycles. The molecule has 2 nitrogen and oxygen atoms in total. The predicted octanol–water partition coefficient (Wildman–Crippen LogP) is 3.47. The Kier molecular flexibility index (Phi) is 5.21. The second-order valence-corrected chi connectivity index (χ2v) is 5.04. The highest BCUT2D eigenvalue weighted by Gasteiger charge is 2.28. The van der Waals surface area contributed by atoms with Crippen LogP contribution in [0.1, 0.15) is 50.3 Å². The van der Waals surface area contributed by atoms with E-state index >= 15 is 0 Å². The first-order valence-corrected chi connectivity index (χ1v) is 7.29. The summed E-state index contributed by atoms with van der Waals surface area (Å²) in [5.74, 6) is 0. The van der Waals surface area contributed by atoms with Gasteiger partial charge in [-0.3, -0.25) is 0 Å². The number of nitrogens with one attached hydrogen (secondary N) is 1. The van der Waals surface area contributed by atoms with E-state index in [1.165, 1.54) is 17.5 Å². The Balaban J connectivity index is 2.08. The molecule has 100 valence electrons. The van der Waals surface area contributed by atoms with Crippen molar-refractivity contribution >= 4 is 0 Å². The molecule has 18 heavy (non-hydrogen) atoms. The molecule has 1 aromatic carbocycles. The molecule has 0 aromatic heterocycles. The minimum Gasteiger partial charge on any atom is -0.376 e. The van der Waals surface area contributed by atoms with Gasteiger partial charge in [-0.25, -0.2) is 0 Å². The van der Waals surface area contributed by atoms with Gasteiger partial charge >= 0.3 is 0 Å². The molecule has 0 bridgehead atoms. The van der Waals surface area contributed by atoms with Crippen molar-refractivity contribution in [3.05, 3.63) is 35.4 Å². The topological polar surface area (TPSA) is 21.3 Å². The Bertz CT molecular complexity index is 364. The van der Waals surface area contributed by atoms with E-state index in [9.17, 15) is 0 Å². The molecule has 2 rings (SSSR count). The van der Waals surface area contributed by atoms with E-state index in [0.717, 1.165) is 32.4 Å². The fraction of sp³-hybridized carbons (Fsp3) is 0.625. The maximum atomic E-state index is 6.08. The standard InChI is InChI=1S/C16H25NO/c1-3-5-12-18-15-11-10-13-8-6-7-9-14(13)16(15)17-4-2/h6-9,15-17H,3-5,10-12H2,1-2H3. The molecule has 0 fully saturated rings. The molecular formula is C16H25NO. The Morgan fingerprint density at radius 3 is 2.89 bits per heavy atom. The largest absolute Gasteiger partial charge is 0.376 e. The molecule has 0 heterocycles. The highest BCUT2D eigenvalue weighted by molar-refractivity contribution is 5.33. The fourth-order valence-electron chi connectivity index (χ4n) is 2.75. The quantitative estimate of drug-likeness (QED) is 0.777. The van der Waals surface area contributed by atoms with Crippen molar-refractivity contribution in [2.75, 3.05) is 13.2 Å². The number of likely N-dealkylation sites (N-methyl/N-ethyl adjacent to an activating group) is 1. The van der Waals surface area contributed by atoms with Crippen molar-refractivity contribution in [1.82, 2.24) is 5.32 Å². The highest BCUT2D eigenvalue weighted by atomic mass is 16.5. The Labute approximate surface area is 111 Å². The van der Waals surface area contributed by atoms with Crippen LogP contribution in [0.5, 0.6) is 0 Å². The summed E-state index contributed by atoms with van der Waals surface area (Å²) in [6.07, 6.45) is 4.99. The van der Waals surface area contributed by atoms with Gasteiger partial charge in [0.05, 0.1) is 12.1 Å². The van der Waals surface area contributed by atoms with Crippen LogP contribution in [-0.4, -0.2) is 19.3 Å². The minimum absolute atomic E-state index is 0.339. The average Bonchev–Trinajstić information content (AvgIpc) is 2.41. The summed E-state index contributed by atoms with van der Waals surface area (Å²) in [6.45, 7) is 6.26. The van der Waals surface area contributed by atoms with Crippen LogP contribution in [-0.2, 0) is 11.2 Å². The van der Waals surface area contributed by atoms with Gasteiger partial charge in [-0.15, -0.1) is 0 Å². The highest BCUT2D eigenvalue weighted by Crippen LogP contribution is 2.31. The van der Waals surface area contributed by atoms with Gasteiger partial charge in [0.25, 0.3) is 0 Å². The smallest absolute Gasteiger partial charge is 0.0773 e. The lowest BCUT2D eigenvalue weighted by atomic mass is 9.85. The van der Waals surface area contributed by atoms with Gasteiger partial charge in [-0.1, -0.05) is 44.5 Å². The van der Waals surface area contributed by atoms with Crippen LogP contribution in [0.4, 0.5) is 0 Å². The first kappa shape index (κ1) is 13.6. The van der Waals surface area contributed by atoms with Crippen molar-refractivity contribution < 1.29 is 4.74 Å². The molecule has 1 N–H and O–H groups in total. The Hall–Kier alpha value is -0.860. The van der Waals surface area contributed by atoms with E-state index in [2.05, 4.69) is 43.4 Å². The number of benzene rings is 1. The third-order valence-electron chi connectivity index (χ3n) is 3.71. The number of fused-ring (bicyclic) bond motifs is 1. The third kappa shape index (κ3) is 3.12. The number of rotatable bonds is 6. The van der Waals surface area contributed by atoms with Gasteiger partial charge in [-0.2, -0.15) is 0 Å². The normalized spacial score (nSPS) is 22.8. The third-order valence-corrected chi connectivity index (χ3v) is 3.71. The summed E-state index contributed by atoms with van der Waals surface area (Å²) in [7, 11) is 0. The van der Waals surface area contributed by atoms with E-state index in [1.54, 1.807) is 0 Å². The molecular weight excluding hydrogens is 222 g/mol. The van der Waals surface area contributed by atoms with E-state index in [1.807, 2.05) is 0 Å². The molecule has 1 aliphatic carbocycles. The van der Waals surface area contributed by atoms with Crippen molar-refractivity contribution in [3.8, 4) is 0 Å². The zero-order valence-electron chi connectivity index (χ0n) is 11.6. The van der Waals surface area contributed by atoms with Gasteiger partial charge in [0.15, 0.2) is 0 Å². The van der Waals surface area contributed by atoms with Crippen molar-refractivity contribution in [3.63, 3.8) is 0 Å². The molecule has 0 aliphatic heterocycles. The molecule has 1 aliphatic rings. The molecule has 0 saturated carbocycles. The van der Waals surface area contributed by atoms with Crippen LogP contribution in [0, 0.1) is 0 Å². The minimum atomic E-state index is 0.339. The van der Waals surface area contributed by atoms with Gasteiger partial charge in [-0.05, 0) is 36.9 Å². The molecule has 2 atom stereocenters. The molecule has 1 aromatic rings. The van der Waals surface area contributed by atoms with Crippen LogP contribution < -0.4 is 5.32 Å². The van der Waals surface area contributed by atoms with Crippen molar-refractivity contribution in [2.24, 2.45) is 0 Å². The average molecular weight is 247 g/mol. The summed E-state index contributed by atoms with van der Waals surface area (Å²) < 4.78 is 6.08. The monoisotopic (exact) mass is 247 g/mol. The number of ether oxygens (including phenoxy) is 1. The van der Waals surface area contributed by atoms with Crippen LogP contribution >= 0.6 is 0 Å². The fourth-order valence-corrected chi connectivity index (χ4v) is 2.75. The zero-order chi connectivity index (χ0) is 12.8. The Morgan fingerprint density at radius 2 is 2.11 bits per heavy atom. The lowest BCUT2D eigenvalue weighted by Gasteiger charge is -2.34. The zero-order valence-corrected chi connectivity index (χ0v) is 11.6. The van der Waals surface area contributed by atoms with Crippen LogP contribution in [0.15, 0.2) is 24.3 Å². The van der Waals surface area contributed by atoms with Crippen molar-refractivity contribution in [2.45, 2.75) is 51.7 Å². The lowest BCUT2D eigenvalue weighted by molar-refractivity contribution is 0.0146. The van der Waals surface area contributed by atoms with E-state index < -0.39 is 0 Å². The van der Waals surface area contributed by atoms with Gasteiger partial charge in [0.2, 0.25) is 0 Å². The van der Waals surface area contributed by atoms with Crippen LogP contribution in [0.2, 0.25) is 0 Å². The van der Waals surface area contributed by atoms with E-state index in [4.69, 9.17) is 4.74 Å². The summed E-state index contributed by atoms with van der Waals surface area (Å²) in [4.78, 5) is 0. The Morgan fingerprint density at radius 1 is 1.28 bits per heavy atom. The number of hydrogen-bond acceptors (Lipinski definition) is 2. The van der Waals surface area contributed by atoms with E-state index in [0.29, 0.717) is 12.1 Å². The second-order valence-electron chi connectivity index (χ2n) is 5.04. The molecule has 0 radical (unpaired) electrons. The van der Waals surface area contributed by atoms with Gasteiger partial charge in [0, 0.05) is 6.61 Å². The number of aryl methyl sites for hydroxylation is 1. The van der Waals surface area contributed by atoms with Gasteiger partial charge in [0.1, 0.15) is 0 Å². The van der Waals surface area contributed by atoms with Crippen LogP contribution in [0.3, 0.4) is 0 Å². The SMILES string of the molecule is CCCCOC1CCc2ccccc2C1NCC. The first-order chi connectivity index (χ1) is 8.86. The molecule has 0 spiro atoms. The number of unbranched alkanes of at least 4 members (excludes halogenated alkanes) is 1. The molecule has 0 amide bonds. The van der Waals surface area contributed by atoms with E-state index in [-0.39, 0.29) is 0 Å². The number of hydrogen-bond donors (Lipinski definition) is 1. The summed E-state index contributed by atoms with van der Waals surface area (Å²) >= 11 is 0. The van der Waals surface area contributed by atoms with Crippen LogP contribution in [0.25, 0.3) is 0 Å². The van der Waals surface area contributed by atoms with Crippen molar-refractivity contribution in [1.29, 1.82) is 0 Å². The second kappa shape index (κ2) is 6.91. The molecule has 2 heteroatoms. The molecule has 2 unspecified atom stereocenters.